The number of fused-ring (bicyclic) bond motifs is 1. The third-order valence-electron chi connectivity index (χ3n) is 7.37. The summed E-state index contributed by atoms with van der Waals surface area (Å²) in [7, 11) is -3.61. The van der Waals surface area contributed by atoms with E-state index in [1.807, 2.05) is 18.2 Å². The number of hydrogen-bond donors (Lipinski definition) is 0. The van der Waals surface area contributed by atoms with Crippen LogP contribution in [-0.2, 0) is 21.3 Å². The number of aromatic nitrogens is 1. The van der Waals surface area contributed by atoms with Crippen molar-refractivity contribution in [3.63, 3.8) is 0 Å². The highest BCUT2D eigenvalue weighted by atomic mass is 32.2. The van der Waals surface area contributed by atoms with E-state index in [9.17, 15) is 8.42 Å². The Morgan fingerprint density at radius 3 is 2.47 bits per heavy atom. The van der Waals surface area contributed by atoms with Gasteiger partial charge in [0.2, 0.25) is 0 Å². The minimum Gasteiger partial charge on any atom is -0.378 e. The summed E-state index contributed by atoms with van der Waals surface area (Å²) in [5.41, 5.74) is 1.30. The normalized spacial score (nSPS) is 25.4. The summed E-state index contributed by atoms with van der Waals surface area (Å²) >= 11 is 0. The van der Waals surface area contributed by atoms with Gasteiger partial charge in [-0.05, 0) is 62.9 Å². The van der Waals surface area contributed by atoms with Crippen molar-refractivity contribution in [1.29, 1.82) is 0 Å². The summed E-state index contributed by atoms with van der Waals surface area (Å²) < 4.78 is 34.6. The van der Waals surface area contributed by atoms with Gasteiger partial charge in [0.1, 0.15) is 5.82 Å². The smallest absolute Gasteiger partial charge is 0.260 e. The zero-order valence-corrected chi connectivity index (χ0v) is 20.7. The molecule has 2 aromatic rings. The van der Waals surface area contributed by atoms with Crippen molar-refractivity contribution >= 4 is 15.8 Å². The lowest BCUT2D eigenvalue weighted by Gasteiger charge is -2.41. The molecule has 0 bridgehead atoms. The molecule has 7 nitrogen and oxygen atoms in total. The Morgan fingerprint density at radius 1 is 0.882 bits per heavy atom. The first kappa shape index (κ1) is 23.7. The maximum Gasteiger partial charge on any atom is 0.260 e. The number of piperidine rings is 1. The van der Waals surface area contributed by atoms with Crippen LogP contribution in [-0.4, -0.2) is 74.6 Å². The van der Waals surface area contributed by atoms with Crippen molar-refractivity contribution in [1.82, 2.24) is 14.2 Å². The van der Waals surface area contributed by atoms with Gasteiger partial charge >= 0.3 is 0 Å². The standard InChI is InChI=1S/C26H36N4O3S/c31-34(32,30-16-6-14-28(15-7-17-30)20-22-8-2-1-3-9-22)26-12-4-11-25(27-26)29-18-13-24-23(21-29)10-5-19-33-24/h1-4,8-9,11-12,23-24H,5-7,10,13-21H2. The average Bonchev–Trinajstić information content (AvgIpc) is 2.86. The summed E-state index contributed by atoms with van der Waals surface area (Å²) in [6.45, 7) is 6.39. The van der Waals surface area contributed by atoms with Gasteiger partial charge in [-0.2, -0.15) is 4.31 Å². The molecule has 2 unspecified atom stereocenters. The third kappa shape index (κ3) is 5.46. The molecule has 2 atom stereocenters. The van der Waals surface area contributed by atoms with Gasteiger partial charge in [0, 0.05) is 45.2 Å². The maximum absolute atomic E-state index is 13.5. The van der Waals surface area contributed by atoms with Crippen molar-refractivity contribution in [3.8, 4) is 0 Å². The van der Waals surface area contributed by atoms with Gasteiger partial charge in [-0.1, -0.05) is 36.4 Å². The number of pyridine rings is 1. The summed E-state index contributed by atoms with van der Waals surface area (Å²) in [4.78, 5) is 9.32. The summed E-state index contributed by atoms with van der Waals surface area (Å²) in [5, 5.41) is 0.175. The maximum atomic E-state index is 13.5. The first-order chi connectivity index (χ1) is 16.6. The van der Waals surface area contributed by atoms with Crippen LogP contribution in [0.4, 0.5) is 5.82 Å². The van der Waals surface area contributed by atoms with E-state index < -0.39 is 10.0 Å². The molecular weight excluding hydrogens is 448 g/mol. The predicted octanol–water partition coefficient (Wildman–Crippen LogP) is 3.37. The Hall–Kier alpha value is -2.00. The largest absolute Gasteiger partial charge is 0.378 e. The van der Waals surface area contributed by atoms with Crippen molar-refractivity contribution in [2.24, 2.45) is 5.92 Å². The van der Waals surface area contributed by atoms with Crippen LogP contribution in [0.5, 0.6) is 0 Å². The molecular formula is C26H36N4O3S. The third-order valence-corrected chi connectivity index (χ3v) is 9.17. The molecule has 1 aromatic carbocycles. The van der Waals surface area contributed by atoms with Gasteiger partial charge in [-0.25, -0.2) is 13.4 Å². The molecule has 184 valence electrons. The molecule has 8 heteroatoms. The minimum absolute atomic E-state index is 0.175. The highest BCUT2D eigenvalue weighted by molar-refractivity contribution is 7.89. The molecule has 3 aliphatic rings. The van der Waals surface area contributed by atoms with E-state index in [1.165, 1.54) is 12.0 Å². The van der Waals surface area contributed by atoms with E-state index in [0.717, 1.165) is 70.8 Å². The number of nitrogens with zero attached hydrogens (tertiary/aromatic N) is 4. The first-order valence-electron chi connectivity index (χ1n) is 12.7. The number of hydrogen-bond acceptors (Lipinski definition) is 6. The van der Waals surface area contributed by atoms with Crippen LogP contribution in [0.2, 0.25) is 0 Å². The molecule has 3 aliphatic heterocycles. The SMILES string of the molecule is O=S(=O)(c1cccc(N2CCC3OCCCC3C2)n1)N1CCCN(Cc2ccccc2)CCC1. The minimum atomic E-state index is -3.61. The Labute approximate surface area is 203 Å². The molecule has 1 aromatic heterocycles. The lowest BCUT2D eigenvalue weighted by Crippen LogP contribution is -2.46. The highest BCUT2D eigenvalue weighted by Gasteiger charge is 2.33. The zero-order valence-electron chi connectivity index (χ0n) is 19.9. The molecule has 0 N–H and O–H groups in total. The number of anilines is 1. The van der Waals surface area contributed by atoms with Gasteiger partial charge in [-0.15, -0.1) is 0 Å². The van der Waals surface area contributed by atoms with E-state index in [4.69, 9.17) is 4.74 Å². The summed E-state index contributed by atoms with van der Waals surface area (Å²) in [5.74, 6) is 1.28. The monoisotopic (exact) mass is 484 g/mol. The predicted molar refractivity (Wildman–Crippen MR) is 133 cm³/mol. The molecule has 3 saturated heterocycles. The lowest BCUT2D eigenvalue weighted by atomic mass is 9.88. The molecule has 0 saturated carbocycles. The molecule has 0 spiro atoms. The first-order valence-corrected chi connectivity index (χ1v) is 14.1. The molecule has 34 heavy (non-hydrogen) atoms. The van der Waals surface area contributed by atoms with E-state index in [1.54, 1.807) is 10.4 Å². The van der Waals surface area contributed by atoms with E-state index in [0.29, 0.717) is 25.1 Å². The molecule has 4 heterocycles. The fraction of sp³-hybridized carbons (Fsp3) is 0.577. The number of ether oxygens (including phenoxy) is 1. The van der Waals surface area contributed by atoms with E-state index >= 15 is 0 Å². The quantitative estimate of drug-likeness (QED) is 0.648. The Morgan fingerprint density at radius 2 is 1.68 bits per heavy atom. The number of rotatable bonds is 5. The number of benzene rings is 1. The number of sulfonamides is 1. The van der Waals surface area contributed by atoms with Crippen LogP contribution in [0.15, 0.2) is 53.6 Å². The van der Waals surface area contributed by atoms with Crippen LogP contribution in [0.1, 0.15) is 37.7 Å². The van der Waals surface area contributed by atoms with Crippen LogP contribution in [0.25, 0.3) is 0 Å². The van der Waals surface area contributed by atoms with Crippen LogP contribution >= 0.6 is 0 Å². The van der Waals surface area contributed by atoms with Gasteiger partial charge in [0.25, 0.3) is 10.0 Å². The van der Waals surface area contributed by atoms with E-state index in [2.05, 4.69) is 39.0 Å². The summed E-state index contributed by atoms with van der Waals surface area (Å²) in [6.07, 6.45) is 5.25. The lowest BCUT2D eigenvalue weighted by molar-refractivity contribution is -0.0358. The topological polar surface area (TPSA) is 66.0 Å². The van der Waals surface area contributed by atoms with Crippen molar-refractivity contribution in [3.05, 3.63) is 54.1 Å². The Bertz CT molecular complexity index is 1040. The van der Waals surface area contributed by atoms with Gasteiger partial charge in [-0.3, -0.25) is 4.90 Å². The highest BCUT2D eigenvalue weighted by Crippen LogP contribution is 2.31. The van der Waals surface area contributed by atoms with E-state index in [-0.39, 0.29) is 5.03 Å². The van der Waals surface area contributed by atoms with Gasteiger partial charge in [0.15, 0.2) is 5.03 Å². The molecule has 5 rings (SSSR count). The van der Waals surface area contributed by atoms with Crippen molar-refractivity contribution in [2.75, 3.05) is 50.8 Å². The van der Waals surface area contributed by atoms with Crippen LogP contribution in [0, 0.1) is 5.92 Å². The molecule has 0 amide bonds. The Kier molecular flexibility index (Phi) is 7.49. The molecule has 0 radical (unpaired) electrons. The van der Waals surface area contributed by atoms with Crippen molar-refractivity contribution in [2.45, 2.75) is 49.8 Å². The van der Waals surface area contributed by atoms with Gasteiger partial charge < -0.3 is 9.64 Å². The second-order valence-electron chi connectivity index (χ2n) is 9.75. The van der Waals surface area contributed by atoms with Crippen LogP contribution < -0.4 is 4.90 Å². The fourth-order valence-corrected chi connectivity index (χ4v) is 7.02. The van der Waals surface area contributed by atoms with Crippen LogP contribution in [0.3, 0.4) is 0 Å². The average molecular weight is 485 g/mol. The second kappa shape index (κ2) is 10.7. The molecule has 3 fully saturated rings. The van der Waals surface area contributed by atoms with Gasteiger partial charge in [0.05, 0.1) is 6.10 Å². The zero-order chi connectivity index (χ0) is 23.4. The second-order valence-corrected chi connectivity index (χ2v) is 11.6. The Balaban J connectivity index is 1.22. The fourth-order valence-electron chi connectivity index (χ4n) is 5.56. The van der Waals surface area contributed by atoms with Crippen molar-refractivity contribution < 1.29 is 13.2 Å². The molecule has 0 aliphatic carbocycles. The summed E-state index contributed by atoms with van der Waals surface area (Å²) in [6, 6.07) is 15.9.